The molecular weight excluding hydrogens is 177 g/mol. The normalized spacial score (nSPS) is 37.0. The van der Waals surface area contributed by atoms with Gasteiger partial charge < -0.3 is 15.5 Å². The summed E-state index contributed by atoms with van der Waals surface area (Å²) in [7, 11) is 0. The second-order valence-electron chi connectivity index (χ2n) is 3.55. The van der Waals surface area contributed by atoms with E-state index in [-0.39, 0.29) is 12.3 Å². The zero-order valence-electron chi connectivity index (χ0n) is 7.46. The smallest absolute Gasteiger partial charge is 0.341 e. The number of piperidine rings is 1. The van der Waals surface area contributed by atoms with Crippen molar-refractivity contribution < 1.29 is 19.4 Å². The molecule has 1 fully saturated rings. The van der Waals surface area contributed by atoms with Crippen molar-refractivity contribution in [2.45, 2.75) is 25.1 Å². The van der Waals surface area contributed by atoms with Gasteiger partial charge in [-0.3, -0.25) is 0 Å². The summed E-state index contributed by atoms with van der Waals surface area (Å²) in [6, 6.07) is 0. The van der Waals surface area contributed by atoms with Crippen LogP contribution in [0.25, 0.3) is 0 Å². The number of carboxylic acids is 1. The van der Waals surface area contributed by atoms with E-state index in [9.17, 15) is 14.3 Å². The van der Waals surface area contributed by atoms with Gasteiger partial charge in [-0.2, -0.15) is 0 Å². The predicted octanol–water partition coefficient (Wildman–Crippen LogP) is -0.230. The maximum absolute atomic E-state index is 13.2. The van der Waals surface area contributed by atoms with E-state index in [0.29, 0.717) is 13.1 Å². The summed E-state index contributed by atoms with van der Waals surface area (Å²) in [4.78, 5) is 10.4. The number of aliphatic hydroxyl groups is 1. The molecule has 4 nitrogen and oxygen atoms in total. The van der Waals surface area contributed by atoms with Gasteiger partial charge >= 0.3 is 5.97 Å². The number of carbonyl (C=O) groups is 1. The van der Waals surface area contributed by atoms with Crippen molar-refractivity contribution in [1.82, 2.24) is 5.32 Å². The van der Waals surface area contributed by atoms with Crippen LogP contribution in [0.15, 0.2) is 0 Å². The third-order valence-electron chi connectivity index (χ3n) is 2.66. The Kier molecular flexibility index (Phi) is 2.87. The summed E-state index contributed by atoms with van der Waals surface area (Å²) in [5, 5.41) is 21.2. The van der Waals surface area contributed by atoms with E-state index >= 15 is 0 Å². The Bertz CT molecular complexity index is 212. The quantitative estimate of drug-likeness (QED) is 0.564. The van der Waals surface area contributed by atoms with Gasteiger partial charge in [0.05, 0.1) is 0 Å². The highest BCUT2D eigenvalue weighted by molar-refractivity contribution is 5.73. The van der Waals surface area contributed by atoms with E-state index in [1.165, 1.54) is 0 Å². The van der Waals surface area contributed by atoms with E-state index in [1.807, 2.05) is 0 Å². The highest BCUT2D eigenvalue weighted by Crippen LogP contribution is 2.29. The van der Waals surface area contributed by atoms with Crippen LogP contribution in [-0.2, 0) is 4.79 Å². The lowest BCUT2D eigenvalue weighted by atomic mass is 9.79. The molecule has 0 bridgehead atoms. The van der Waals surface area contributed by atoms with Crippen LogP contribution in [0, 0.1) is 5.92 Å². The molecular formula is C8H14FNO3. The zero-order chi connectivity index (χ0) is 10.1. The Hall–Kier alpha value is -0.680. The average Bonchev–Trinajstić information content (AvgIpc) is 2.09. The van der Waals surface area contributed by atoms with Gasteiger partial charge in [0.2, 0.25) is 6.17 Å². The maximum Gasteiger partial charge on any atom is 0.341 e. The summed E-state index contributed by atoms with van der Waals surface area (Å²) in [5.74, 6) is -1.97. The highest BCUT2D eigenvalue weighted by Gasteiger charge is 2.47. The molecule has 1 heterocycles. The third-order valence-corrected chi connectivity index (χ3v) is 2.66. The van der Waals surface area contributed by atoms with Crippen LogP contribution >= 0.6 is 0 Å². The average molecular weight is 191 g/mol. The molecule has 1 aliphatic heterocycles. The van der Waals surface area contributed by atoms with Crippen molar-refractivity contribution in [3.8, 4) is 0 Å². The second-order valence-corrected chi connectivity index (χ2v) is 3.55. The topological polar surface area (TPSA) is 69.6 Å². The van der Waals surface area contributed by atoms with Crippen LogP contribution in [-0.4, -0.2) is 41.0 Å². The second kappa shape index (κ2) is 3.59. The Morgan fingerprint density at radius 3 is 2.85 bits per heavy atom. The molecule has 0 amide bonds. The molecule has 0 spiro atoms. The minimum absolute atomic E-state index is 0.141. The molecule has 0 saturated carbocycles. The number of carboxylic acid groups (broad SMARTS) is 1. The number of alkyl halides is 1. The SMILES string of the molecule is CC1CNCCC1(O)C(F)C(=O)O. The lowest BCUT2D eigenvalue weighted by molar-refractivity contribution is -0.162. The Morgan fingerprint density at radius 1 is 1.77 bits per heavy atom. The van der Waals surface area contributed by atoms with E-state index in [1.54, 1.807) is 6.92 Å². The van der Waals surface area contributed by atoms with Crippen LogP contribution in [0.2, 0.25) is 0 Å². The van der Waals surface area contributed by atoms with Gasteiger partial charge in [0.15, 0.2) is 0 Å². The standard InChI is InChI=1S/C8H14FNO3/c1-5-4-10-3-2-8(5,13)6(9)7(11)12/h5-6,10,13H,2-4H2,1H3,(H,11,12). The molecule has 3 unspecified atom stereocenters. The van der Waals surface area contributed by atoms with E-state index in [4.69, 9.17) is 5.11 Å². The van der Waals surface area contributed by atoms with Gasteiger partial charge in [0, 0.05) is 12.5 Å². The molecule has 0 aliphatic carbocycles. The van der Waals surface area contributed by atoms with Gasteiger partial charge in [-0.1, -0.05) is 6.92 Å². The summed E-state index contributed by atoms with van der Waals surface area (Å²) in [5.41, 5.74) is -1.71. The number of aliphatic carboxylic acids is 1. The summed E-state index contributed by atoms with van der Waals surface area (Å²) >= 11 is 0. The first-order valence-electron chi connectivity index (χ1n) is 4.28. The van der Waals surface area contributed by atoms with E-state index < -0.39 is 17.7 Å². The molecule has 0 radical (unpaired) electrons. The molecule has 76 valence electrons. The first-order valence-corrected chi connectivity index (χ1v) is 4.28. The lowest BCUT2D eigenvalue weighted by Crippen LogP contribution is -2.56. The fourth-order valence-corrected chi connectivity index (χ4v) is 1.62. The molecule has 1 rings (SSSR count). The van der Waals surface area contributed by atoms with Crippen LogP contribution in [0.4, 0.5) is 4.39 Å². The molecule has 0 aromatic carbocycles. The number of hydrogen-bond donors (Lipinski definition) is 3. The number of nitrogens with one attached hydrogen (secondary N) is 1. The van der Waals surface area contributed by atoms with Crippen LogP contribution in [0.1, 0.15) is 13.3 Å². The largest absolute Gasteiger partial charge is 0.479 e. The molecule has 0 aromatic rings. The molecule has 3 N–H and O–H groups in total. The summed E-state index contributed by atoms with van der Waals surface area (Å²) in [6.07, 6.45) is -2.05. The first kappa shape index (κ1) is 10.4. The number of rotatable bonds is 2. The van der Waals surface area contributed by atoms with Gasteiger partial charge in [0.25, 0.3) is 0 Å². The van der Waals surface area contributed by atoms with Crippen molar-refractivity contribution >= 4 is 5.97 Å². The van der Waals surface area contributed by atoms with Gasteiger partial charge in [-0.25, -0.2) is 9.18 Å². The van der Waals surface area contributed by atoms with E-state index in [0.717, 1.165) is 0 Å². The molecule has 1 aliphatic rings. The highest BCUT2D eigenvalue weighted by atomic mass is 19.1. The summed E-state index contributed by atoms with van der Waals surface area (Å²) in [6.45, 7) is 2.54. The van der Waals surface area contributed by atoms with Crippen molar-refractivity contribution in [2.75, 3.05) is 13.1 Å². The van der Waals surface area contributed by atoms with Crippen molar-refractivity contribution in [3.63, 3.8) is 0 Å². The molecule has 1 saturated heterocycles. The van der Waals surface area contributed by atoms with Gasteiger partial charge in [-0.05, 0) is 13.0 Å². The van der Waals surface area contributed by atoms with Crippen molar-refractivity contribution in [2.24, 2.45) is 5.92 Å². The molecule has 3 atom stereocenters. The van der Waals surface area contributed by atoms with E-state index in [2.05, 4.69) is 5.32 Å². The van der Waals surface area contributed by atoms with Crippen LogP contribution in [0.3, 0.4) is 0 Å². The molecule has 13 heavy (non-hydrogen) atoms. The Balaban J connectivity index is 2.77. The first-order chi connectivity index (χ1) is 5.98. The Morgan fingerprint density at radius 2 is 2.38 bits per heavy atom. The fourth-order valence-electron chi connectivity index (χ4n) is 1.62. The number of hydrogen-bond acceptors (Lipinski definition) is 3. The minimum atomic E-state index is -2.19. The van der Waals surface area contributed by atoms with Crippen molar-refractivity contribution in [3.05, 3.63) is 0 Å². The van der Waals surface area contributed by atoms with Crippen molar-refractivity contribution in [1.29, 1.82) is 0 Å². The van der Waals surface area contributed by atoms with Crippen LogP contribution in [0.5, 0.6) is 0 Å². The van der Waals surface area contributed by atoms with Gasteiger partial charge in [-0.15, -0.1) is 0 Å². The van der Waals surface area contributed by atoms with Gasteiger partial charge in [0.1, 0.15) is 5.60 Å². The summed E-state index contributed by atoms with van der Waals surface area (Å²) < 4.78 is 13.2. The molecule has 5 heteroatoms. The Labute approximate surface area is 75.8 Å². The fraction of sp³-hybridized carbons (Fsp3) is 0.875. The maximum atomic E-state index is 13.2. The monoisotopic (exact) mass is 191 g/mol. The number of halogens is 1. The predicted molar refractivity (Wildman–Crippen MR) is 44.1 cm³/mol. The zero-order valence-corrected chi connectivity index (χ0v) is 7.46. The minimum Gasteiger partial charge on any atom is -0.479 e. The lowest BCUT2D eigenvalue weighted by Gasteiger charge is -2.39. The van der Waals surface area contributed by atoms with Crippen LogP contribution < -0.4 is 5.32 Å². The molecule has 0 aromatic heterocycles. The third kappa shape index (κ3) is 1.81.